The van der Waals surface area contributed by atoms with E-state index in [1.54, 1.807) is 0 Å². The first-order valence-corrected chi connectivity index (χ1v) is 9.38. The van der Waals surface area contributed by atoms with Gasteiger partial charge in [-0.15, -0.1) is 0 Å². The lowest BCUT2D eigenvalue weighted by Gasteiger charge is -2.39. The van der Waals surface area contributed by atoms with Gasteiger partial charge >= 0.3 is 0 Å². The van der Waals surface area contributed by atoms with Crippen molar-refractivity contribution in [1.29, 1.82) is 0 Å². The fourth-order valence-corrected chi connectivity index (χ4v) is 4.01. The number of hydrogen-bond donors (Lipinski definition) is 1. The molecule has 0 bridgehead atoms. The first kappa shape index (κ1) is 17.9. The molecule has 2 aliphatic rings. The zero-order valence-electron chi connectivity index (χ0n) is 14.3. The second-order valence-electron chi connectivity index (χ2n) is 6.54. The second-order valence-corrected chi connectivity index (χ2v) is 8.34. The van der Waals surface area contributed by atoms with Crippen LogP contribution < -0.4 is 5.32 Å². The van der Waals surface area contributed by atoms with E-state index in [1.165, 1.54) is 5.75 Å². The fraction of sp³-hybridized carbons (Fsp3) is 0.938. The minimum Gasteiger partial charge on any atom is -0.381 e. The van der Waals surface area contributed by atoms with Crippen LogP contribution in [0.1, 0.15) is 33.1 Å². The zero-order valence-corrected chi connectivity index (χ0v) is 15.1. The standard InChI is InChI=1S/C16H31N3O2S/c1-16(2)13-19(8-12-22-16)15(17-3)18-7-4-9-21-14-5-10-20-11-6-14/h14H,4-13H2,1-3H3,(H,17,18). The summed E-state index contributed by atoms with van der Waals surface area (Å²) in [6, 6.07) is 0. The van der Waals surface area contributed by atoms with Gasteiger partial charge in [0.1, 0.15) is 0 Å². The Bertz CT molecular complexity index is 357. The Morgan fingerprint density at radius 3 is 2.86 bits per heavy atom. The van der Waals surface area contributed by atoms with E-state index in [-0.39, 0.29) is 0 Å². The summed E-state index contributed by atoms with van der Waals surface area (Å²) >= 11 is 2.05. The van der Waals surface area contributed by atoms with E-state index in [0.717, 1.165) is 64.7 Å². The summed E-state index contributed by atoms with van der Waals surface area (Å²) < 4.78 is 11.5. The van der Waals surface area contributed by atoms with E-state index < -0.39 is 0 Å². The molecule has 128 valence electrons. The number of nitrogens with one attached hydrogen (secondary N) is 1. The van der Waals surface area contributed by atoms with Crippen molar-refractivity contribution in [2.75, 3.05) is 52.3 Å². The van der Waals surface area contributed by atoms with E-state index in [4.69, 9.17) is 9.47 Å². The highest BCUT2D eigenvalue weighted by Gasteiger charge is 2.28. The molecule has 0 spiro atoms. The van der Waals surface area contributed by atoms with Crippen LogP contribution >= 0.6 is 11.8 Å². The van der Waals surface area contributed by atoms with Crippen molar-refractivity contribution < 1.29 is 9.47 Å². The molecular weight excluding hydrogens is 298 g/mol. The van der Waals surface area contributed by atoms with Crippen molar-refractivity contribution in [3.63, 3.8) is 0 Å². The van der Waals surface area contributed by atoms with Gasteiger partial charge in [0.05, 0.1) is 6.10 Å². The molecule has 1 N–H and O–H groups in total. The minimum absolute atomic E-state index is 0.308. The molecule has 0 amide bonds. The molecule has 0 radical (unpaired) electrons. The van der Waals surface area contributed by atoms with Crippen LogP contribution in [0.2, 0.25) is 0 Å². The molecule has 0 saturated carbocycles. The molecule has 2 fully saturated rings. The van der Waals surface area contributed by atoms with E-state index in [9.17, 15) is 0 Å². The molecule has 0 aliphatic carbocycles. The number of rotatable bonds is 5. The Balaban J connectivity index is 1.62. The maximum atomic E-state index is 5.90. The van der Waals surface area contributed by atoms with Crippen molar-refractivity contribution in [3.8, 4) is 0 Å². The van der Waals surface area contributed by atoms with Crippen molar-refractivity contribution in [2.45, 2.75) is 44.0 Å². The van der Waals surface area contributed by atoms with Crippen LogP contribution in [0.25, 0.3) is 0 Å². The van der Waals surface area contributed by atoms with Crippen molar-refractivity contribution in [3.05, 3.63) is 0 Å². The Morgan fingerprint density at radius 1 is 1.41 bits per heavy atom. The normalized spacial score (nSPS) is 23.6. The molecule has 5 nitrogen and oxygen atoms in total. The van der Waals surface area contributed by atoms with Crippen LogP contribution in [0.3, 0.4) is 0 Å². The lowest BCUT2D eigenvalue weighted by Crippen LogP contribution is -2.51. The van der Waals surface area contributed by atoms with Crippen LogP contribution in [-0.4, -0.2) is 74.0 Å². The summed E-state index contributed by atoms with van der Waals surface area (Å²) in [5.41, 5.74) is 0. The number of ether oxygens (including phenoxy) is 2. The molecule has 2 saturated heterocycles. The van der Waals surface area contributed by atoms with Gasteiger partial charge in [-0.3, -0.25) is 4.99 Å². The van der Waals surface area contributed by atoms with E-state index >= 15 is 0 Å². The summed E-state index contributed by atoms with van der Waals surface area (Å²) in [5, 5.41) is 3.48. The number of thioether (sulfide) groups is 1. The monoisotopic (exact) mass is 329 g/mol. The molecule has 0 unspecified atom stereocenters. The summed E-state index contributed by atoms with van der Waals surface area (Å²) in [6.45, 7) is 10.2. The molecule has 22 heavy (non-hydrogen) atoms. The quantitative estimate of drug-likeness (QED) is 0.475. The van der Waals surface area contributed by atoms with Gasteiger partial charge in [0.15, 0.2) is 5.96 Å². The third kappa shape index (κ3) is 5.97. The van der Waals surface area contributed by atoms with Gasteiger partial charge in [0.2, 0.25) is 0 Å². The van der Waals surface area contributed by atoms with Gasteiger partial charge in [-0.05, 0) is 33.1 Å². The Morgan fingerprint density at radius 2 is 2.18 bits per heavy atom. The van der Waals surface area contributed by atoms with Gasteiger partial charge in [0, 0.05) is 57.0 Å². The van der Waals surface area contributed by atoms with Gasteiger partial charge in [-0.1, -0.05) is 0 Å². The predicted molar refractivity (Wildman–Crippen MR) is 93.9 cm³/mol. The summed E-state index contributed by atoms with van der Waals surface area (Å²) in [7, 11) is 1.87. The van der Waals surface area contributed by atoms with Crippen molar-refractivity contribution in [2.24, 2.45) is 4.99 Å². The molecule has 0 aromatic heterocycles. The lowest BCUT2D eigenvalue weighted by molar-refractivity contribution is -0.0320. The topological polar surface area (TPSA) is 46.1 Å². The van der Waals surface area contributed by atoms with E-state index in [1.807, 2.05) is 18.8 Å². The summed E-state index contributed by atoms with van der Waals surface area (Å²) in [5.74, 6) is 2.19. The molecule has 0 aromatic carbocycles. The molecule has 6 heteroatoms. The predicted octanol–water partition coefficient (Wildman–Crippen LogP) is 1.97. The van der Waals surface area contributed by atoms with E-state index in [2.05, 4.69) is 29.1 Å². The molecule has 0 atom stereocenters. The lowest BCUT2D eigenvalue weighted by atomic mass is 10.1. The van der Waals surface area contributed by atoms with Gasteiger partial charge in [-0.2, -0.15) is 11.8 Å². The average Bonchev–Trinajstić information content (AvgIpc) is 2.51. The molecular formula is C16H31N3O2S. The highest BCUT2D eigenvalue weighted by atomic mass is 32.2. The number of guanidine groups is 1. The molecule has 0 aromatic rings. The number of hydrogen-bond acceptors (Lipinski definition) is 4. The molecule has 2 aliphatic heterocycles. The number of nitrogens with zero attached hydrogens (tertiary/aromatic N) is 2. The highest BCUT2D eigenvalue weighted by Crippen LogP contribution is 2.29. The first-order chi connectivity index (χ1) is 10.6. The maximum absolute atomic E-state index is 5.90. The smallest absolute Gasteiger partial charge is 0.193 e. The van der Waals surface area contributed by atoms with Crippen molar-refractivity contribution in [1.82, 2.24) is 10.2 Å². The Labute approximate surface area is 139 Å². The van der Waals surface area contributed by atoms with Gasteiger partial charge < -0.3 is 19.7 Å². The largest absolute Gasteiger partial charge is 0.381 e. The fourth-order valence-electron chi connectivity index (χ4n) is 2.89. The van der Waals surface area contributed by atoms with Crippen LogP contribution in [0.15, 0.2) is 4.99 Å². The van der Waals surface area contributed by atoms with Crippen LogP contribution in [-0.2, 0) is 9.47 Å². The average molecular weight is 330 g/mol. The summed E-state index contributed by atoms with van der Waals surface area (Å²) in [4.78, 5) is 6.80. The molecule has 2 rings (SSSR count). The maximum Gasteiger partial charge on any atom is 0.193 e. The zero-order chi connectivity index (χ0) is 15.8. The highest BCUT2D eigenvalue weighted by molar-refractivity contribution is 8.00. The Hall–Kier alpha value is -0.460. The van der Waals surface area contributed by atoms with Crippen molar-refractivity contribution >= 4 is 17.7 Å². The third-order valence-corrected chi connectivity index (χ3v) is 5.36. The SMILES string of the molecule is CN=C(NCCCOC1CCOCC1)N1CCSC(C)(C)C1. The second kappa shape index (κ2) is 8.99. The minimum atomic E-state index is 0.308. The van der Waals surface area contributed by atoms with Gasteiger partial charge in [-0.25, -0.2) is 0 Å². The Kier molecular flexibility index (Phi) is 7.31. The number of aliphatic imine (C=N–C) groups is 1. The molecule has 2 heterocycles. The van der Waals surface area contributed by atoms with Gasteiger partial charge in [0.25, 0.3) is 0 Å². The summed E-state index contributed by atoms with van der Waals surface area (Å²) in [6.07, 6.45) is 3.49. The van der Waals surface area contributed by atoms with E-state index in [0.29, 0.717) is 10.9 Å². The van der Waals surface area contributed by atoms with Crippen LogP contribution in [0.4, 0.5) is 0 Å². The first-order valence-electron chi connectivity index (χ1n) is 8.40. The third-order valence-electron chi connectivity index (χ3n) is 4.06. The van der Waals surface area contributed by atoms with Crippen LogP contribution in [0, 0.1) is 0 Å². The van der Waals surface area contributed by atoms with Crippen LogP contribution in [0.5, 0.6) is 0 Å².